The SMILES string of the molecule is NC1C[C@@H](N)CN(c2cccc(C(=O)Nc3ccccc3)c2)C1. The average Bonchev–Trinajstić information content (AvgIpc) is 2.55. The lowest BCUT2D eigenvalue weighted by atomic mass is 10.0. The summed E-state index contributed by atoms with van der Waals surface area (Å²) in [7, 11) is 0. The van der Waals surface area contributed by atoms with Crippen LogP contribution in [0.5, 0.6) is 0 Å². The van der Waals surface area contributed by atoms with E-state index in [1.807, 2.05) is 54.6 Å². The molecule has 0 radical (unpaired) electrons. The first kappa shape index (κ1) is 15.5. The quantitative estimate of drug-likeness (QED) is 0.807. The first-order valence-corrected chi connectivity index (χ1v) is 7.84. The predicted octanol–water partition coefficient (Wildman–Crippen LogP) is 1.80. The third-order valence-corrected chi connectivity index (χ3v) is 4.02. The molecule has 1 saturated heterocycles. The zero-order chi connectivity index (χ0) is 16.2. The summed E-state index contributed by atoms with van der Waals surface area (Å²) in [6, 6.07) is 17.2. The molecule has 0 bridgehead atoms. The minimum Gasteiger partial charge on any atom is -0.368 e. The minimum atomic E-state index is -0.122. The second kappa shape index (κ2) is 6.81. The largest absolute Gasteiger partial charge is 0.368 e. The van der Waals surface area contributed by atoms with Crippen molar-refractivity contribution in [1.29, 1.82) is 0 Å². The molecule has 2 atom stereocenters. The van der Waals surface area contributed by atoms with Crippen LogP contribution in [-0.4, -0.2) is 31.1 Å². The van der Waals surface area contributed by atoms with E-state index >= 15 is 0 Å². The maximum absolute atomic E-state index is 12.4. The van der Waals surface area contributed by atoms with Crippen molar-refractivity contribution in [3.8, 4) is 0 Å². The molecule has 0 spiro atoms. The fraction of sp³-hybridized carbons (Fsp3) is 0.278. The van der Waals surface area contributed by atoms with Crippen LogP contribution in [0.15, 0.2) is 54.6 Å². The highest BCUT2D eigenvalue weighted by Gasteiger charge is 2.23. The van der Waals surface area contributed by atoms with E-state index in [1.165, 1.54) is 0 Å². The highest BCUT2D eigenvalue weighted by Crippen LogP contribution is 2.21. The average molecular weight is 310 g/mol. The number of para-hydroxylation sites is 1. The van der Waals surface area contributed by atoms with Gasteiger partial charge in [0.1, 0.15) is 0 Å². The fourth-order valence-electron chi connectivity index (χ4n) is 2.96. The highest BCUT2D eigenvalue weighted by atomic mass is 16.1. The van der Waals surface area contributed by atoms with Gasteiger partial charge in [0.05, 0.1) is 0 Å². The van der Waals surface area contributed by atoms with Crippen molar-refractivity contribution in [3.63, 3.8) is 0 Å². The monoisotopic (exact) mass is 310 g/mol. The van der Waals surface area contributed by atoms with Crippen molar-refractivity contribution in [2.75, 3.05) is 23.3 Å². The smallest absolute Gasteiger partial charge is 0.255 e. The number of hydrogen-bond acceptors (Lipinski definition) is 4. The summed E-state index contributed by atoms with van der Waals surface area (Å²) in [5.41, 5.74) is 14.5. The maximum Gasteiger partial charge on any atom is 0.255 e. The molecule has 0 saturated carbocycles. The van der Waals surface area contributed by atoms with Gasteiger partial charge >= 0.3 is 0 Å². The Morgan fingerprint density at radius 2 is 1.70 bits per heavy atom. The summed E-state index contributed by atoms with van der Waals surface area (Å²) < 4.78 is 0. The van der Waals surface area contributed by atoms with Gasteiger partial charge in [0, 0.05) is 42.1 Å². The Kier molecular flexibility index (Phi) is 4.60. The number of piperidine rings is 1. The van der Waals surface area contributed by atoms with Crippen LogP contribution in [0.2, 0.25) is 0 Å². The number of carbonyl (C=O) groups excluding carboxylic acids is 1. The molecule has 1 amide bonds. The zero-order valence-electron chi connectivity index (χ0n) is 13.0. The van der Waals surface area contributed by atoms with Gasteiger partial charge in [-0.2, -0.15) is 0 Å². The van der Waals surface area contributed by atoms with E-state index < -0.39 is 0 Å². The van der Waals surface area contributed by atoms with Gasteiger partial charge in [-0.05, 0) is 36.8 Å². The third-order valence-electron chi connectivity index (χ3n) is 4.02. The minimum absolute atomic E-state index is 0.0700. The number of benzene rings is 2. The molecule has 2 aromatic carbocycles. The Bertz CT molecular complexity index is 664. The van der Waals surface area contributed by atoms with Gasteiger partial charge in [0.25, 0.3) is 5.91 Å². The van der Waals surface area contributed by atoms with Crippen molar-refractivity contribution in [3.05, 3.63) is 60.2 Å². The highest BCUT2D eigenvalue weighted by molar-refractivity contribution is 6.04. The van der Waals surface area contributed by atoms with E-state index in [1.54, 1.807) is 0 Å². The van der Waals surface area contributed by atoms with Crippen molar-refractivity contribution >= 4 is 17.3 Å². The summed E-state index contributed by atoms with van der Waals surface area (Å²) >= 11 is 0. The van der Waals surface area contributed by atoms with Crippen molar-refractivity contribution in [2.24, 2.45) is 11.5 Å². The Morgan fingerprint density at radius 1 is 1.00 bits per heavy atom. The molecular formula is C18H22N4O. The molecule has 1 aliphatic rings. The first-order valence-electron chi connectivity index (χ1n) is 7.84. The molecule has 5 N–H and O–H groups in total. The van der Waals surface area contributed by atoms with Crippen molar-refractivity contribution < 1.29 is 4.79 Å². The van der Waals surface area contributed by atoms with Gasteiger partial charge in [0.2, 0.25) is 0 Å². The molecule has 23 heavy (non-hydrogen) atoms. The molecule has 2 aromatic rings. The van der Waals surface area contributed by atoms with E-state index in [-0.39, 0.29) is 18.0 Å². The molecule has 1 unspecified atom stereocenters. The molecule has 0 aromatic heterocycles. The van der Waals surface area contributed by atoms with Crippen molar-refractivity contribution in [2.45, 2.75) is 18.5 Å². The van der Waals surface area contributed by atoms with Gasteiger partial charge in [-0.1, -0.05) is 24.3 Å². The van der Waals surface area contributed by atoms with Gasteiger partial charge in [-0.3, -0.25) is 4.79 Å². The number of rotatable bonds is 3. The lowest BCUT2D eigenvalue weighted by molar-refractivity contribution is 0.102. The molecule has 5 heteroatoms. The summed E-state index contributed by atoms with van der Waals surface area (Å²) in [6.07, 6.45) is 0.838. The molecule has 1 heterocycles. The zero-order valence-corrected chi connectivity index (χ0v) is 13.0. The van der Waals surface area contributed by atoms with Crippen LogP contribution in [0, 0.1) is 0 Å². The molecule has 1 fully saturated rings. The number of nitrogens with two attached hydrogens (primary N) is 2. The topological polar surface area (TPSA) is 84.4 Å². The summed E-state index contributed by atoms with van der Waals surface area (Å²) in [4.78, 5) is 14.5. The van der Waals surface area contributed by atoms with Crippen molar-refractivity contribution in [1.82, 2.24) is 0 Å². The maximum atomic E-state index is 12.4. The summed E-state index contributed by atoms with van der Waals surface area (Å²) in [5.74, 6) is -0.122. The number of anilines is 2. The first-order chi connectivity index (χ1) is 11.1. The molecule has 5 nitrogen and oxygen atoms in total. The van der Waals surface area contributed by atoms with Gasteiger partial charge < -0.3 is 21.7 Å². The second-order valence-corrected chi connectivity index (χ2v) is 6.03. The predicted molar refractivity (Wildman–Crippen MR) is 93.6 cm³/mol. The van der Waals surface area contributed by atoms with Gasteiger partial charge in [0.15, 0.2) is 0 Å². The van der Waals surface area contributed by atoms with E-state index in [9.17, 15) is 4.79 Å². The van der Waals surface area contributed by atoms with Gasteiger partial charge in [-0.25, -0.2) is 0 Å². The lowest BCUT2D eigenvalue weighted by Gasteiger charge is -2.36. The van der Waals surface area contributed by atoms with E-state index in [0.717, 1.165) is 30.9 Å². The summed E-state index contributed by atoms with van der Waals surface area (Å²) in [6.45, 7) is 1.52. The second-order valence-electron chi connectivity index (χ2n) is 6.03. The molecule has 3 rings (SSSR count). The molecule has 120 valence electrons. The molecule has 0 aliphatic carbocycles. The number of nitrogens with one attached hydrogen (secondary N) is 1. The number of nitrogens with zero attached hydrogens (tertiary/aromatic N) is 1. The number of amides is 1. The molecule has 1 aliphatic heterocycles. The van der Waals surface area contributed by atoms with E-state index in [0.29, 0.717) is 5.56 Å². The van der Waals surface area contributed by atoms with Crippen LogP contribution < -0.4 is 21.7 Å². The standard InChI is InChI=1S/C18H22N4O/c19-14-10-15(20)12-22(11-14)17-8-4-5-13(9-17)18(23)21-16-6-2-1-3-7-16/h1-9,14-15H,10-12,19-20H2,(H,21,23)/t14-,15?/m1/s1. The van der Waals surface area contributed by atoms with Gasteiger partial charge in [-0.15, -0.1) is 0 Å². The molecular weight excluding hydrogens is 288 g/mol. The van der Waals surface area contributed by atoms with Crippen LogP contribution in [-0.2, 0) is 0 Å². The Labute approximate surface area is 136 Å². The Morgan fingerprint density at radius 3 is 2.39 bits per heavy atom. The number of carbonyl (C=O) groups is 1. The third kappa shape index (κ3) is 3.88. The van der Waals surface area contributed by atoms with Crippen LogP contribution in [0.3, 0.4) is 0 Å². The van der Waals surface area contributed by atoms with E-state index in [2.05, 4.69) is 10.2 Å². The fourth-order valence-corrected chi connectivity index (χ4v) is 2.96. The summed E-state index contributed by atoms with van der Waals surface area (Å²) in [5, 5.41) is 2.90. The van der Waals surface area contributed by atoms with Crippen LogP contribution >= 0.6 is 0 Å². The van der Waals surface area contributed by atoms with E-state index in [4.69, 9.17) is 11.5 Å². The Balaban J connectivity index is 1.75. The van der Waals surface area contributed by atoms with Crippen LogP contribution in [0.25, 0.3) is 0 Å². The normalized spacial score (nSPS) is 21.0. The number of hydrogen-bond donors (Lipinski definition) is 3. The lowest BCUT2D eigenvalue weighted by Crippen LogP contribution is -2.52. The Hall–Kier alpha value is -2.37. The van der Waals surface area contributed by atoms with Crippen LogP contribution in [0.1, 0.15) is 16.8 Å². The van der Waals surface area contributed by atoms with Crippen LogP contribution in [0.4, 0.5) is 11.4 Å².